The molecule has 1 aliphatic rings. The zero-order chi connectivity index (χ0) is 10.9. The number of benzene rings is 1. The topological polar surface area (TPSA) is 29.5 Å². The van der Waals surface area contributed by atoms with Crippen molar-refractivity contribution in [1.82, 2.24) is 0 Å². The molecule has 1 aromatic rings. The van der Waals surface area contributed by atoms with E-state index >= 15 is 0 Å². The van der Waals surface area contributed by atoms with Gasteiger partial charge < -0.3 is 9.84 Å². The van der Waals surface area contributed by atoms with Crippen LogP contribution in [0.15, 0.2) is 24.3 Å². The number of aliphatic hydroxyl groups is 1. The number of aliphatic hydroxyl groups excluding tert-OH is 1. The van der Waals surface area contributed by atoms with Gasteiger partial charge in [-0.25, -0.2) is 0 Å². The third-order valence-corrected chi connectivity index (χ3v) is 3.18. The molecule has 2 nitrogen and oxygen atoms in total. The van der Waals surface area contributed by atoms with E-state index in [4.69, 9.17) is 4.74 Å². The first-order valence-corrected chi connectivity index (χ1v) is 5.56. The van der Waals surface area contributed by atoms with Gasteiger partial charge >= 0.3 is 0 Å². The fraction of sp³-hybridized carbons (Fsp3) is 0.538. The van der Waals surface area contributed by atoms with Crippen molar-refractivity contribution in [3.63, 3.8) is 0 Å². The molecule has 1 N–H and O–H groups in total. The van der Waals surface area contributed by atoms with Crippen molar-refractivity contribution in [3.8, 4) is 5.75 Å². The summed E-state index contributed by atoms with van der Waals surface area (Å²) in [6, 6.07) is 7.78. The monoisotopic (exact) mass is 206 g/mol. The minimum Gasteiger partial charge on any atom is -0.494 e. The summed E-state index contributed by atoms with van der Waals surface area (Å²) < 4.78 is 5.42. The summed E-state index contributed by atoms with van der Waals surface area (Å²) in [7, 11) is 0. The third kappa shape index (κ3) is 2.15. The molecule has 0 aromatic heterocycles. The maximum Gasteiger partial charge on any atom is 0.119 e. The van der Waals surface area contributed by atoms with Crippen molar-refractivity contribution in [1.29, 1.82) is 0 Å². The van der Waals surface area contributed by atoms with Crippen LogP contribution in [0.25, 0.3) is 0 Å². The Labute approximate surface area is 90.9 Å². The summed E-state index contributed by atoms with van der Waals surface area (Å²) in [4.78, 5) is 0. The van der Waals surface area contributed by atoms with Gasteiger partial charge in [-0.3, -0.25) is 0 Å². The van der Waals surface area contributed by atoms with Crippen LogP contribution in [-0.4, -0.2) is 11.7 Å². The van der Waals surface area contributed by atoms with E-state index in [2.05, 4.69) is 6.92 Å². The Morgan fingerprint density at radius 2 is 2.20 bits per heavy atom. The molecule has 2 rings (SSSR count). The SMILES string of the molecule is CCOc1cccc(C(O)C2(C)CC2)c1. The molecule has 1 unspecified atom stereocenters. The van der Waals surface area contributed by atoms with Crippen molar-refractivity contribution in [2.75, 3.05) is 6.61 Å². The van der Waals surface area contributed by atoms with Gasteiger partial charge in [0.2, 0.25) is 0 Å². The molecule has 2 heteroatoms. The molecule has 0 bridgehead atoms. The van der Waals surface area contributed by atoms with Crippen molar-refractivity contribution < 1.29 is 9.84 Å². The Bertz CT molecular complexity index is 342. The minimum atomic E-state index is -0.349. The summed E-state index contributed by atoms with van der Waals surface area (Å²) in [6.45, 7) is 4.76. The molecular formula is C13H18O2. The summed E-state index contributed by atoms with van der Waals surface area (Å²) in [5, 5.41) is 10.2. The first-order chi connectivity index (χ1) is 7.15. The van der Waals surface area contributed by atoms with Gasteiger partial charge in [0.1, 0.15) is 5.75 Å². The van der Waals surface area contributed by atoms with Gasteiger partial charge in [0.15, 0.2) is 0 Å². The molecule has 1 saturated carbocycles. The lowest BCUT2D eigenvalue weighted by molar-refractivity contribution is 0.103. The second-order valence-corrected chi connectivity index (χ2v) is 4.56. The lowest BCUT2D eigenvalue weighted by atomic mass is 9.95. The summed E-state index contributed by atoms with van der Waals surface area (Å²) in [5.41, 5.74) is 1.08. The molecule has 15 heavy (non-hydrogen) atoms. The zero-order valence-corrected chi connectivity index (χ0v) is 9.36. The van der Waals surface area contributed by atoms with Crippen LogP contribution >= 0.6 is 0 Å². The number of hydrogen-bond acceptors (Lipinski definition) is 2. The molecule has 1 aliphatic carbocycles. The van der Waals surface area contributed by atoms with Crippen LogP contribution in [0.5, 0.6) is 5.75 Å². The van der Waals surface area contributed by atoms with E-state index in [9.17, 15) is 5.11 Å². The highest BCUT2D eigenvalue weighted by molar-refractivity contribution is 5.31. The van der Waals surface area contributed by atoms with E-state index in [0.717, 1.165) is 24.2 Å². The van der Waals surface area contributed by atoms with Crippen LogP contribution in [0.2, 0.25) is 0 Å². The Kier molecular flexibility index (Phi) is 2.70. The number of rotatable bonds is 4. The fourth-order valence-electron chi connectivity index (χ4n) is 1.81. The Morgan fingerprint density at radius 3 is 2.80 bits per heavy atom. The largest absolute Gasteiger partial charge is 0.494 e. The predicted molar refractivity (Wildman–Crippen MR) is 59.9 cm³/mol. The molecule has 82 valence electrons. The molecule has 0 heterocycles. The molecule has 0 radical (unpaired) electrons. The fourth-order valence-corrected chi connectivity index (χ4v) is 1.81. The lowest BCUT2D eigenvalue weighted by Gasteiger charge is -2.18. The summed E-state index contributed by atoms with van der Waals surface area (Å²) >= 11 is 0. The van der Waals surface area contributed by atoms with Gasteiger partial charge in [-0.05, 0) is 42.9 Å². The highest BCUT2D eigenvalue weighted by Crippen LogP contribution is 2.54. The normalized spacial score (nSPS) is 19.7. The van der Waals surface area contributed by atoms with Gasteiger partial charge in [0.25, 0.3) is 0 Å². The molecule has 1 fully saturated rings. The highest BCUT2D eigenvalue weighted by Gasteiger charge is 2.44. The molecule has 1 aromatic carbocycles. The number of hydrogen-bond donors (Lipinski definition) is 1. The Morgan fingerprint density at radius 1 is 1.47 bits per heavy atom. The van der Waals surface area contributed by atoms with Crippen molar-refractivity contribution in [2.24, 2.45) is 5.41 Å². The van der Waals surface area contributed by atoms with Gasteiger partial charge in [-0.2, -0.15) is 0 Å². The summed E-state index contributed by atoms with van der Waals surface area (Å²) in [6.07, 6.45) is 1.89. The third-order valence-electron chi connectivity index (χ3n) is 3.18. The molecule has 0 amide bonds. The molecular weight excluding hydrogens is 188 g/mol. The Balaban J connectivity index is 2.17. The van der Waals surface area contributed by atoms with E-state index in [-0.39, 0.29) is 11.5 Å². The first kappa shape index (κ1) is 10.5. The van der Waals surface area contributed by atoms with Crippen molar-refractivity contribution in [2.45, 2.75) is 32.8 Å². The van der Waals surface area contributed by atoms with E-state index in [1.165, 1.54) is 0 Å². The lowest BCUT2D eigenvalue weighted by Crippen LogP contribution is -2.09. The van der Waals surface area contributed by atoms with Gasteiger partial charge in [-0.15, -0.1) is 0 Å². The molecule has 0 saturated heterocycles. The van der Waals surface area contributed by atoms with E-state index < -0.39 is 0 Å². The average Bonchev–Trinajstić information content (AvgIpc) is 2.98. The van der Waals surface area contributed by atoms with E-state index in [0.29, 0.717) is 6.61 Å². The van der Waals surface area contributed by atoms with Crippen molar-refractivity contribution in [3.05, 3.63) is 29.8 Å². The number of ether oxygens (including phenoxy) is 1. The van der Waals surface area contributed by atoms with E-state index in [1.807, 2.05) is 31.2 Å². The second kappa shape index (κ2) is 3.86. The van der Waals surface area contributed by atoms with Crippen LogP contribution in [-0.2, 0) is 0 Å². The van der Waals surface area contributed by atoms with Crippen LogP contribution in [0.1, 0.15) is 38.4 Å². The van der Waals surface area contributed by atoms with Crippen LogP contribution < -0.4 is 4.74 Å². The van der Waals surface area contributed by atoms with Crippen LogP contribution in [0.3, 0.4) is 0 Å². The van der Waals surface area contributed by atoms with E-state index in [1.54, 1.807) is 0 Å². The van der Waals surface area contributed by atoms with Crippen LogP contribution in [0, 0.1) is 5.41 Å². The average molecular weight is 206 g/mol. The van der Waals surface area contributed by atoms with Gasteiger partial charge in [0.05, 0.1) is 12.7 Å². The standard InChI is InChI=1S/C13H18O2/c1-3-15-11-6-4-5-10(9-11)12(14)13(2)7-8-13/h4-6,9,12,14H,3,7-8H2,1-2H3. The first-order valence-electron chi connectivity index (χ1n) is 5.56. The zero-order valence-electron chi connectivity index (χ0n) is 9.36. The second-order valence-electron chi connectivity index (χ2n) is 4.56. The Hall–Kier alpha value is -1.02. The van der Waals surface area contributed by atoms with Crippen LogP contribution in [0.4, 0.5) is 0 Å². The highest BCUT2D eigenvalue weighted by atomic mass is 16.5. The van der Waals surface area contributed by atoms with Gasteiger partial charge in [0, 0.05) is 0 Å². The predicted octanol–water partition coefficient (Wildman–Crippen LogP) is 2.92. The van der Waals surface area contributed by atoms with Crippen molar-refractivity contribution >= 4 is 0 Å². The maximum absolute atomic E-state index is 10.2. The smallest absolute Gasteiger partial charge is 0.119 e. The molecule has 0 aliphatic heterocycles. The molecule has 1 atom stereocenters. The maximum atomic E-state index is 10.2. The summed E-state index contributed by atoms with van der Waals surface area (Å²) in [5.74, 6) is 0.846. The quantitative estimate of drug-likeness (QED) is 0.820. The molecule has 0 spiro atoms. The van der Waals surface area contributed by atoms with Gasteiger partial charge in [-0.1, -0.05) is 19.1 Å². The minimum absolute atomic E-state index is 0.102.